The van der Waals surface area contributed by atoms with Crippen LogP contribution < -0.4 is 0 Å². The molecule has 2 saturated carbocycles. The Morgan fingerprint density at radius 3 is 2.39 bits per heavy atom. The van der Waals surface area contributed by atoms with Crippen LogP contribution in [0, 0.1) is 62.1 Å². The third kappa shape index (κ3) is 5.17. The van der Waals surface area contributed by atoms with Crippen molar-refractivity contribution in [2.75, 3.05) is 0 Å². The smallest absolute Gasteiger partial charge is 0.238 e. The molecule has 1 heterocycles. The number of rotatable bonds is 7. The standard InChI is InChI=1S/C35H51N3O3/c1-23-19-31(4,5)12-14-35(23,30(41)38-17-16-37-22-38)15-13-32(6,7)34(9)11-10-27-25(3)29(40)26(21-36)20-33(27,8)28(34)18-24(2)39/h16-17,20,22-23,25,27-28H,10-15,18-19H2,1-9H3/t23?,25-,27-,28+,33-,34+,35-/m0/s1. The molecule has 0 saturated heterocycles. The van der Waals surface area contributed by atoms with Crippen molar-refractivity contribution in [2.45, 2.75) is 114 Å². The van der Waals surface area contributed by atoms with Crippen LogP contribution in [-0.4, -0.2) is 27.0 Å². The van der Waals surface area contributed by atoms with Crippen LogP contribution in [0.1, 0.15) is 118 Å². The number of nitriles is 1. The van der Waals surface area contributed by atoms with Crippen LogP contribution in [0.2, 0.25) is 0 Å². The van der Waals surface area contributed by atoms with Crippen LogP contribution in [0.4, 0.5) is 0 Å². The Hall–Kier alpha value is -2.55. The molecule has 0 radical (unpaired) electrons. The number of ketones is 2. The molecule has 1 aromatic rings. The number of imidazole rings is 1. The summed E-state index contributed by atoms with van der Waals surface area (Å²) in [5.41, 5.74) is -0.866. The van der Waals surface area contributed by atoms with Gasteiger partial charge in [0, 0.05) is 24.7 Å². The molecule has 1 aromatic heterocycles. The highest BCUT2D eigenvalue weighted by atomic mass is 16.2. The fraction of sp³-hybridized carbons (Fsp3) is 0.743. The van der Waals surface area contributed by atoms with Gasteiger partial charge in [0.25, 0.3) is 0 Å². The predicted molar refractivity (Wildman–Crippen MR) is 161 cm³/mol. The molecule has 2 fully saturated rings. The second kappa shape index (κ2) is 10.6. The molecule has 41 heavy (non-hydrogen) atoms. The molecule has 224 valence electrons. The van der Waals surface area contributed by atoms with E-state index >= 15 is 0 Å². The molecule has 0 amide bonds. The maximum atomic E-state index is 14.2. The molecule has 3 aliphatic rings. The SMILES string of the molecule is CC(=O)C[C@@H]1[C@@]2(C)C=C(C#N)C(=O)[C@@H](C)[C@@H]2CC[C@@]1(C)C(C)(C)CC[C@@]1(C(=O)n2ccnc2)CCC(C)(C)CC1C. The maximum Gasteiger partial charge on any atom is 0.238 e. The van der Waals surface area contributed by atoms with Gasteiger partial charge in [-0.25, -0.2) is 4.98 Å². The average Bonchev–Trinajstić information content (AvgIpc) is 3.42. The number of hydrogen-bond acceptors (Lipinski definition) is 5. The van der Waals surface area contributed by atoms with E-state index < -0.39 is 10.8 Å². The first-order valence-corrected chi connectivity index (χ1v) is 15.6. The van der Waals surface area contributed by atoms with Gasteiger partial charge in [0.05, 0.1) is 11.0 Å². The molecule has 6 nitrogen and oxygen atoms in total. The minimum Gasteiger partial charge on any atom is -0.300 e. The topological polar surface area (TPSA) is 92.8 Å². The second-order valence-corrected chi connectivity index (χ2v) is 15.8. The van der Waals surface area contributed by atoms with E-state index in [9.17, 15) is 19.6 Å². The summed E-state index contributed by atoms with van der Waals surface area (Å²) in [6.45, 7) is 19.7. The van der Waals surface area contributed by atoms with Gasteiger partial charge in [0.1, 0.15) is 18.2 Å². The Morgan fingerprint density at radius 2 is 1.83 bits per heavy atom. The van der Waals surface area contributed by atoms with E-state index in [1.807, 2.05) is 13.0 Å². The summed E-state index contributed by atoms with van der Waals surface area (Å²) in [6, 6.07) is 2.17. The fourth-order valence-corrected chi connectivity index (χ4v) is 9.51. The Kier molecular flexibility index (Phi) is 8.13. The number of allylic oxidation sites excluding steroid dienone is 2. The van der Waals surface area contributed by atoms with Crippen molar-refractivity contribution in [1.29, 1.82) is 5.26 Å². The van der Waals surface area contributed by atoms with Crippen molar-refractivity contribution in [3.05, 3.63) is 30.4 Å². The van der Waals surface area contributed by atoms with Crippen LogP contribution in [-0.2, 0) is 9.59 Å². The highest BCUT2D eigenvalue weighted by Gasteiger charge is 2.61. The molecule has 1 unspecified atom stereocenters. The molecule has 6 heteroatoms. The fourth-order valence-electron chi connectivity index (χ4n) is 9.51. The molecular weight excluding hydrogens is 510 g/mol. The zero-order valence-corrected chi connectivity index (χ0v) is 26.8. The van der Waals surface area contributed by atoms with Gasteiger partial charge in [-0.05, 0) is 91.3 Å². The Labute approximate surface area is 247 Å². The van der Waals surface area contributed by atoms with Gasteiger partial charge >= 0.3 is 0 Å². The van der Waals surface area contributed by atoms with Gasteiger partial charge in [-0.2, -0.15) is 5.26 Å². The number of hydrogen-bond donors (Lipinski definition) is 0. The van der Waals surface area contributed by atoms with E-state index in [2.05, 4.69) is 59.5 Å². The summed E-state index contributed by atoms with van der Waals surface area (Å²) in [5.74, 6) is 0.329. The number of nitrogens with zero attached hydrogens (tertiary/aromatic N) is 3. The highest BCUT2D eigenvalue weighted by molar-refractivity contribution is 6.01. The minimum atomic E-state index is -0.472. The minimum absolute atomic E-state index is 0.0110. The first-order chi connectivity index (χ1) is 18.9. The number of carbonyl (C=O) groups excluding carboxylic acids is 3. The van der Waals surface area contributed by atoms with Crippen LogP contribution in [0.5, 0.6) is 0 Å². The Balaban J connectivity index is 1.73. The summed E-state index contributed by atoms with van der Waals surface area (Å²) in [4.78, 5) is 44.2. The maximum absolute atomic E-state index is 14.2. The lowest BCUT2D eigenvalue weighted by Crippen LogP contribution is -2.58. The van der Waals surface area contributed by atoms with E-state index in [4.69, 9.17) is 0 Å². The Bertz CT molecular complexity index is 1270. The van der Waals surface area contributed by atoms with Gasteiger partial charge < -0.3 is 4.79 Å². The molecule has 4 rings (SSSR count). The Morgan fingerprint density at radius 1 is 1.15 bits per heavy atom. The van der Waals surface area contributed by atoms with Crippen molar-refractivity contribution < 1.29 is 14.4 Å². The summed E-state index contributed by atoms with van der Waals surface area (Å²) < 4.78 is 1.68. The average molecular weight is 562 g/mol. The van der Waals surface area contributed by atoms with E-state index in [0.29, 0.717) is 6.42 Å². The van der Waals surface area contributed by atoms with Gasteiger partial charge in [-0.3, -0.25) is 14.2 Å². The third-order valence-corrected chi connectivity index (χ3v) is 12.6. The number of aromatic nitrogens is 2. The molecule has 7 atom stereocenters. The lowest BCUT2D eigenvalue weighted by molar-refractivity contribution is -0.145. The quantitative estimate of drug-likeness (QED) is 0.338. The van der Waals surface area contributed by atoms with Gasteiger partial charge in [0.15, 0.2) is 5.78 Å². The molecule has 0 spiro atoms. The summed E-state index contributed by atoms with van der Waals surface area (Å²) in [6.07, 6.45) is 13.8. The molecular formula is C35H51N3O3. The summed E-state index contributed by atoms with van der Waals surface area (Å²) >= 11 is 0. The van der Waals surface area contributed by atoms with Crippen molar-refractivity contribution >= 4 is 17.5 Å². The highest BCUT2D eigenvalue weighted by Crippen LogP contribution is 2.66. The van der Waals surface area contributed by atoms with Crippen molar-refractivity contribution in [3.63, 3.8) is 0 Å². The molecule has 3 aliphatic carbocycles. The normalized spacial score (nSPS) is 37.1. The third-order valence-electron chi connectivity index (χ3n) is 12.6. The second-order valence-electron chi connectivity index (χ2n) is 15.8. The monoisotopic (exact) mass is 561 g/mol. The van der Waals surface area contributed by atoms with Crippen LogP contribution in [0.25, 0.3) is 0 Å². The van der Waals surface area contributed by atoms with Crippen LogP contribution >= 0.6 is 0 Å². The van der Waals surface area contributed by atoms with Crippen molar-refractivity contribution in [3.8, 4) is 6.07 Å². The predicted octanol–water partition coefficient (Wildman–Crippen LogP) is 7.85. The number of Topliss-reactive ketones (excluding diaryl/α,β-unsaturated/α-hetero) is 2. The van der Waals surface area contributed by atoms with Crippen LogP contribution in [0.15, 0.2) is 30.4 Å². The van der Waals surface area contributed by atoms with Gasteiger partial charge in [-0.15, -0.1) is 0 Å². The van der Waals surface area contributed by atoms with Crippen molar-refractivity contribution in [1.82, 2.24) is 9.55 Å². The summed E-state index contributed by atoms with van der Waals surface area (Å²) in [7, 11) is 0. The molecule has 0 bridgehead atoms. The van der Waals surface area contributed by atoms with Crippen LogP contribution in [0.3, 0.4) is 0 Å². The molecule has 0 aromatic carbocycles. The van der Waals surface area contributed by atoms with E-state index in [1.165, 1.54) is 0 Å². The van der Waals surface area contributed by atoms with E-state index in [-0.39, 0.29) is 63.0 Å². The van der Waals surface area contributed by atoms with Gasteiger partial charge in [-0.1, -0.05) is 61.5 Å². The van der Waals surface area contributed by atoms with E-state index in [0.717, 1.165) is 44.9 Å². The molecule has 0 aliphatic heterocycles. The summed E-state index contributed by atoms with van der Waals surface area (Å²) in [5, 5.41) is 9.85. The van der Waals surface area contributed by atoms with Crippen molar-refractivity contribution in [2.24, 2.45) is 50.7 Å². The number of fused-ring (bicyclic) bond motifs is 1. The lowest BCUT2D eigenvalue weighted by atomic mass is 9.41. The first-order valence-electron chi connectivity index (χ1n) is 15.6. The molecule has 0 N–H and O–H groups in total. The zero-order valence-electron chi connectivity index (χ0n) is 26.8. The number of carbonyl (C=O) groups is 3. The largest absolute Gasteiger partial charge is 0.300 e. The zero-order chi connectivity index (χ0) is 30.6. The van der Waals surface area contributed by atoms with E-state index in [1.54, 1.807) is 30.2 Å². The first kappa shape index (κ1) is 31.4. The lowest BCUT2D eigenvalue weighted by Gasteiger charge is -2.63. The van der Waals surface area contributed by atoms with Gasteiger partial charge in [0.2, 0.25) is 5.91 Å².